The van der Waals surface area contributed by atoms with Gasteiger partial charge in [-0.1, -0.05) is 6.92 Å². The quantitative estimate of drug-likeness (QED) is 0.922. The zero-order valence-electron chi connectivity index (χ0n) is 10.7. The predicted molar refractivity (Wildman–Crippen MR) is 77.7 cm³/mol. The first-order chi connectivity index (χ1) is 8.54. The summed E-state index contributed by atoms with van der Waals surface area (Å²) in [5, 5.41) is 11.0. The Labute approximate surface area is 120 Å². The van der Waals surface area contributed by atoms with E-state index in [1.165, 1.54) is 0 Å². The molecule has 1 saturated heterocycles. The van der Waals surface area contributed by atoms with Crippen LogP contribution >= 0.6 is 27.7 Å². The second-order valence-corrected chi connectivity index (χ2v) is 6.59. The van der Waals surface area contributed by atoms with E-state index in [9.17, 15) is 5.11 Å². The molecular formula is C13H17BrO3S. The van der Waals surface area contributed by atoms with Crippen molar-refractivity contribution in [3.05, 3.63) is 22.2 Å². The van der Waals surface area contributed by atoms with Gasteiger partial charge in [0.1, 0.15) is 21.6 Å². The molecule has 2 atom stereocenters. The SMILES string of the molecule is COc1ccc(C2(O)CCSC2C)c(OC)c1Br. The van der Waals surface area contributed by atoms with Crippen LogP contribution in [0.25, 0.3) is 0 Å². The molecule has 1 aromatic rings. The van der Waals surface area contributed by atoms with Crippen LogP contribution in [0, 0.1) is 0 Å². The molecule has 1 aliphatic heterocycles. The van der Waals surface area contributed by atoms with E-state index in [0.717, 1.165) is 22.2 Å². The molecule has 0 radical (unpaired) electrons. The van der Waals surface area contributed by atoms with Crippen LogP contribution in [0.4, 0.5) is 0 Å². The minimum Gasteiger partial charge on any atom is -0.495 e. The van der Waals surface area contributed by atoms with E-state index < -0.39 is 5.60 Å². The first-order valence-corrected chi connectivity index (χ1v) is 7.63. The molecular weight excluding hydrogens is 316 g/mol. The van der Waals surface area contributed by atoms with Crippen LogP contribution in [-0.4, -0.2) is 30.3 Å². The molecule has 1 N–H and O–H groups in total. The molecule has 5 heteroatoms. The Hall–Kier alpha value is -0.390. The second kappa shape index (κ2) is 5.31. The highest BCUT2D eigenvalue weighted by atomic mass is 79.9. The van der Waals surface area contributed by atoms with Crippen molar-refractivity contribution in [3.8, 4) is 11.5 Å². The first kappa shape index (κ1) is 14.0. The predicted octanol–water partition coefficient (Wildman–Crippen LogP) is 3.18. The molecule has 18 heavy (non-hydrogen) atoms. The number of ether oxygens (including phenoxy) is 2. The van der Waals surface area contributed by atoms with Crippen molar-refractivity contribution in [2.45, 2.75) is 24.2 Å². The normalized spacial score (nSPS) is 27.3. The van der Waals surface area contributed by atoms with Gasteiger partial charge in [0, 0.05) is 10.8 Å². The third-order valence-corrected chi connectivity index (χ3v) is 5.56. The van der Waals surface area contributed by atoms with Gasteiger partial charge in [0.15, 0.2) is 0 Å². The maximum absolute atomic E-state index is 10.9. The van der Waals surface area contributed by atoms with Crippen molar-refractivity contribution in [2.24, 2.45) is 0 Å². The van der Waals surface area contributed by atoms with Gasteiger partial charge in [-0.05, 0) is 40.2 Å². The lowest BCUT2D eigenvalue weighted by molar-refractivity contribution is 0.0400. The number of aliphatic hydroxyl groups is 1. The van der Waals surface area contributed by atoms with E-state index in [-0.39, 0.29) is 5.25 Å². The molecule has 1 aromatic carbocycles. The highest BCUT2D eigenvalue weighted by Crippen LogP contribution is 2.49. The molecule has 0 spiro atoms. The lowest BCUT2D eigenvalue weighted by atomic mass is 9.87. The topological polar surface area (TPSA) is 38.7 Å². The van der Waals surface area contributed by atoms with Gasteiger partial charge in [0.05, 0.1) is 14.2 Å². The molecule has 2 unspecified atom stereocenters. The Morgan fingerprint density at radius 3 is 2.61 bits per heavy atom. The number of hydrogen-bond donors (Lipinski definition) is 1. The van der Waals surface area contributed by atoms with E-state index in [0.29, 0.717) is 11.5 Å². The van der Waals surface area contributed by atoms with Gasteiger partial charge in [0.25, 0.3) is 0 Å². The zero-order valence-corrected chi connectivity index (χ0v) is 13.1. The summed E-state index contributed by atoms with van der Waals surface area (Å²) in [5.41, 5.74) is 0.000296. The average molecular weight is 333 g/mol. The number of benzene rings is 1. The van der Waals surface area contributed by atoms with Gasteiger partial charge in [0.2, 0.25) is 0 Å². The summed E-state index contributed by atoms with van der Waals surface area (Å²) in [7, 11) is 3.22. The lowest BCUT2D eigenvalue weighted by Crippen LogP contribution is -2.32. The van der Waals surface area contributed by atoms with Crippen molar-refractivity contribution >= 4 is 27.7 Å². The van der Waals surface area contributed by atoms with Crippen LogP contribution < -0.4 is 9.47 Å². The Bertz CT molecular complexity index is 452. The lowest BCUT2D eigenvalue weighted by Gasteiger charge is -2.29. The van der Waals surface area contributed by atoms with Crippen LogP contribution in [-0.2, 0) is 5.60 Å². The fourth-order valence-electron chi connectivity index (χ4n) is 2.32. The van der Waals surface area contributed by atoms with Crippen molar-refractivity contribution in [1.29, 1.82) is 0 Å². The van der Waals surface area contributed by atoms with Gasteiger partial charge in [-0.2, -0.15) is 11.8 Å². The highest BCUT2D eigenvalue weighted by Gasteiger charge is 2.43. The molecule has 1 heterocycles. The third kappa shape index (κ3) is 2.12. The van der Waals surface area contributed by atoms with Crippen LogP contribution in [0.3, 0.4) is 0 Å². The van der Waals surface area contributed by atoms with E-state index in [4.69, 9.17) is 9.47 Å². The van der Waals surface area contributed by atoms with E-state index >= 15 is 0 Å². The number of methoxy groups -OCH3 is 2. The summed E-state index contributed by atoms with van der Waals surface area (Å²) >= 11 is 5.26. The Kier molecular flexibility index (Phi) is 4.14. The maximum Gasteiger partial charge on any atom is 0.142 e. The van der Waals surface area contributed by atoms with Crippen molar-refractivity contribution in [1.82, 2.24) is 0 Å². The summed E-state index contributed by atoms with van der Waals surface area (Å²) in [5.74, 6) is 2.33. The fraction of sp³-hybridized carbons (Fsp3) is 0.538. The zero-order chi connectivity index (χ0) is 13.3. The van der Waals surface area contributed by atoms with Crippen LogP contribution in [0.2, 0.25) is 0 Å². The summed E-state index contributed by atoms with van der Waals surface area (Å²) in [6.07, 6.45) is 0.744. The molecule has 0 bridgehead atoms. The van der Waals surface area contributed by atoms with Gasteiger partial charge < -0.3 is 14.6 Å². The summed E-state index contributed by atoms with van der Waals surface area (Å²) < 4.78 is 11.5. The molecule has 0 aliphatic carbocycles. The number of halogens is 1. The molecule has 0 amide bonds. The minimum absolute atomic E-state index is 0.159. The number of hydrogen-bond acceptors (Lipinski definition) is 4. The Morgan fingerprint density at radius 2 is 2.11 bits per heavy atom. The van der Waals surface area contributed by atoms with Gasteiger partial charge >= 0.3 is 0 Å². The summed E-state index contributed by atoms with van der Waals surface area (Å²) in [6, 6.07) is 3.75. The summed E-state index contributed by atoms with van der Waals surface area (Å²) in [6.45, 7) is 2.05. The van der Waals surface area contributed by atoms with Gasteiger partial charge in [-0.15, -0.1) is 0 Å². The highest BCUT2D eigenvalue weighted by molar-refractivity contribution is 9.10. The van der Waals surface area contributed by atoms with Crippen molar-refractivity contribution < 1.29 is 14.6 Å². The average Bonchev–Trinajstić information content (AvgIpc) is 2.70. The third-order valence-electron chi connectivity index (χ3n) is 3.48. The van der Waals surface area contributed by atoms with Gasteiger partial charge in [-0.25, -0.2) is 0 Å². The number of rotatable bonds is 3. The van der Waals surface area contributed by atoms with Crippen molar-refractivity contribution in [3.63, 3.8) is 0 Å². The van der Waals surface area contributed by atoms with Crippen LogP contribution in [0.15, 0.2) is 16.6 Å². The van der Waals surface area contributed by atoms with Crippen LogP contribution in [0.1, 0.15) is 18.9 Å². The Morgan fingerprint density at radius 1 is 1.39 bits per heavy atom. The minimum atomic E-state index is -0.829. The molecule has 0 saturated carbocycles. The molecule has 1 aliphatic rings. The van der Waals surface area contributed by atoms with Gasteiger partial charge in [-0.3, -0.25) is 0 Å². The molecule has 3 nitrogen and oxygen atoms in total. The van der Waals surface area contributed by atoms with Crippen molar-refractivity contribution in [2.75, 3.05) is 20.0 Å². The maximum atomic E-state index is 10.9. The Balaban J connectivity index is 2.54. The summed E-state index contributed by atoms with van der Waals surface area (Å²) in [4.78, 5) is 0. The molecule has 1 fully saturated rings. The second-order valence-electron chi connectivity index (χ2n) is 4.35. The first-order valence-electron chi connectivity index (χ1n) is 5.79. The molecule has 2 rings (SSSR count). The van der Waals surface area contributed by atoms with E-state index in [2.05, 4.69) is 22.9 Å². The van der Waals surface area contributed by atoms with E-state index in [1.54, 1.807) is 26.0 Å². The largest absolute Gasteiger partial charge is 0.495 e. The standard InChI is InChI=1S/C13H17BrO3S/c1-8-13(15,6-7-18-8)9-4-5-10(16-2)11(14)12(9)17-3/h4-5,8,15H,6-7H2,1-3H3. The van der Waals surface area contributed by atoms with Crippen LogP contribution in [0.5, 0.6) is 11.5 Å². The molecule has 0 aromatic heterocycles. The smallest absolute Gasteiger partial charge is 0.142 e. The monoisotopic (exact) mass is 332 g/mol. The molecule has 100 valence electrons. The van der Waals surface area contributed by atoms with E-state index in [1.807, 2.05) is 12.1 Å². The number of thioether (sulfide) groups is 1. The fourth-order valence-corrected chi connectivity index (χ4v) is 4.29.